The van der Waals surface area contributed by atoms with Crippen LogP contribution in [0.5, 0.6) is 0 Å². The number of aromatic nitrogens is 2. The van der Waals surface area contributed by atoms with Crippen LogP contribution in [0, 0.1) is 0 Å². The number of halogens is 1. The maximum absolute atomic E-state index is 15.0. The highest BCUT2D eigenvalue weighted by Crippen LogP contribution is 2.82. The number of nitrogens with one attached hydrogen (secondary N) is 1. The summed E-state index contributed by atoms with van der Waals surface area (Å²) >= 11 is 1.36. The second-order valence-electron chi connectivity index (χ2n) is 6.87. The lowest BCUT2D eigenvalue weighted by Crippen LogP contribution is -2.43. The minimum atomic E-state index is -1.75. The molecule has 1 amide bonds. The zero-order valence-electron chi connectivity index (χ0n) is 15.7. The molecule has 5 rings (SSSR count). The van der Waals surface area contributed by atoms with Crippen LogP contribution in [0.1, 0.15) is 9.67 Å². The summed E-state index contributed by atoms with van der Waals surface area (Å²) in [7, 11) is -1.75. The summed E-state index contributed by atoms with van der Waals surface area (Å²) in [6.07, 6.45) is 3.72. The standard InChI is InChI=1S/C19H20FN5O2S2/c1-29(25(20)23-9-11-27-12-10-23)16-13-15(28-19(16)29)18(26)21-17-7-8-24(22-17)14-5-3-2-4-6-14/h2-8,13H,9-12H2,1H3,(H,21,22,26). The fourth-order valence-electron chi connectivity index (χ4n) is 3.33. The molecule has 0 aliphatic carbocycles. The van der Waals surface area contributed by atoms with Crippen LogP contribution in [0.15, 0.2) is 57.8 Å². The van der Waals surface area contributed by atoms with Crippen LogP contribution < -0.4 is 5.32 Å². The van der Waals surface area contributed by atoms with Crippen molar-refractivity contribution < 1.29 is 14.0 Å². The molecule has 4 heterocycles. The molecule has 0 bridgehead atoms. The van der Waals surface area contributed by atoms with E-state index < -0.39 is 10.2 Å². The Kier molecular flexibility index (Phi) is 4.67. The summed E-state index contributed by atoms with van der Waals surface area (Å²) in [6, 6.07) is 13.2. The number of para-hydroxylation sites is 1. The number of rotatable bonds is 5. The second-order valence-corrected chi connectivity index (χ2v) is 11.1. The van der Waals surface area contributed by atoms with Gasteiger partial charge in [0.05, 0.1) is 28.0 Å². The summed E-state index contributed by atoms with van der Waals surface area (Å²) < 4.78 is 23.8. The minimum Gasteiger partial charge on any atom is -0.379 e. The molecule has 2 aromatic heterocycles. The highest BCUT2D eigenvalue weighted by molar-refractivity contribution is 8.37. The van der Waals surface area contributed by atoms with E-state index in [0.29, 0.717) is 37.0 Å². The van der Waals surface area contributed by atoms with E-state index in [1.807, 2.05) is 42.7 Å². The van der Waals surface area contributed by atoms with Crippen LogP contribution in [-0.4, -0.2) is 57.9 Å². The monoisotopic (exact) mass is 433 g/mol. The van der Waals surface area contributed by atoms with Gasteiger partial charge in [-0.2, -0.15) is 10.1 Å². The predicted octanol–water partition coefficient (Wildman–Crippen LogP) is 3.70. The molecular formula is C19H20FN5O2S2. The third-order valence-electron chi connectivity index (χ3n) is 5.00. The molecule has 1 aromatic carbocycles. The number of ether oxygens (including phenoxy) is 1. The lowest BCUT2D eigenvalue weighted by Gasteiger charge is -2.36. The van der Waals surface area contributed by atoms with Gasteiger partial charge in [-0.15, -0.1) is 15.8 Å². The van der Waals surface area contributed by atoms with Crippen molar-refractivity contribution in [2.24, 2.45) is 0 Å². The van der Waals surface area contributed by atoms with Gasteiger partial charge in [-0.1, -0.05) is 28.4 Å². The van der Waals surface area contributed by atoms with E-state index >= 15 is 0 Å². The zero-order valence-corrected chi connectivity index (χ0v) is 17.4. The van der Waals surface area contributed by atoms with Crippen molar-refractivity contribution in [2.45, 2.75) is 9.10 Å². The molecule has 2 aliphatic rings. The molecule has 1 atom stereocenters. The van der Waals surface area contributed by atoms with Crippen molar-refractivity contribution in [2.75, 3.05) is 37.9 Å². The molecule has 0 saturated carbocycles. The smallest absolute Gasteiger partial charge is 0.267 e. The van der Waals surface area contributed by atoms with E-state index in [1.165, 1.54) is 11.3 Å². The van der Waals surface area contributed by atoms with Gasteiger partial charge in [-0.05, 0) is 29.1 Å². The Bertz CT molecular complexity index is 1030. The lowest BCUT2D eigenvalue weighted by molar-refractivity contribution is -0.124. The number of carbonyl (C=O) groups is 1. The quantitative estimate of drug-likeness (QED) is 0.491. The molecule has 2 aliphatic heterocycles. The van der Waals surface area contributed by atoms with Crippen molar-refractivity contribution in [1.82, 2.24) is 19.4 Å². The second kappa shape index (κ2) is 7.22. The molecule has 1 fully saturated rings. The number of hydrogen-bond acceptors (Lipinski definition) is 6. The average molecular weight is 434 g/mol. The van der Waals surface area contributed by atoms with E-state index in [1.54, 1.807) is 22.0 Å². The molecule has 3 aromatic rings. The van der Waals surface area contributed by atoms with Crippen molar-refractivity contribution in [1.29, 1.82) is 0 Å². The normalized spacial score (nSPS) is 23.4. The first-order chi connectivity index (χ1) is 14.1. The summed E-state index contributed by atoms with van der Waals surface area (Å²) in [5, 5.41) is 8.91. The number of thiophene rings is 1. The maximum Gasteiger partial charge on any atom is 0.267 e. The van der Waals surface area contributed by atoms with Gasteiger partial charge in [0.2, 0.25) is 0 Å². The van der Waals surface area contributed by atoms with Crippen LogP contribution in [-0.2, 0) is 4.74 Å². The number of hydrogen-bond donors (Lipinski definition) is 1. The molecule has 29 heavy (non-hydrogen) atoms. The first-order valence-corrected chi connectivity index (χ1v) is 12.0. The van der Waals surface area contributed by atoms with Gasteiger partial charge in [-0.3, -0.25) is 4.79 Å². The van der Waals surface area contributed by atoms with Crippen LogP contribution in [0.2, 0.25) is 0 Å². The molecular weight excluding hydrogens is 413 g/mol. The number of anilines is 1. The highest BCUT2D eigenvalue weighted by Gasteiger charge is 2.53. The van der Waals surface area contributed by atoms with Gasteiger partial charge < -0.3 is 10.1 Å². The summed E-state index contributed by atoms with van der Waals surface area (Å²) in [6.45, 7) is 2.16. The Morgan fingerprint density at radius 1 is 1.28 bits per heavy atom. The van der Waals surface area contributed by atoms with Crippen LogP contribution in [0.25, 0.3) is 5.69 Å². The Morgan fingerprint density at radius 3 is 2.72 bits per heavy atom. The molecule has 10 heteroatoms. The molecule has 0 spiro atoms. The van der Waals surface area contributed by atoms with Crippen LogP contribution in [0.3, 0.4) is 0 Å². The molecule has 0 radical (unpaired) electrons. The van der Waals surface area contributed by atoms with E-state index in [4.69, 9.17) is 4.74 Å². The topological polar surface area (TPSA) is 62.6 Å². The number of fused-ring (bicyclic) bond motifs is 1. The number of nitrogens with zero attached hydrogens (tertiary/aromatic N) is 4. The minimum absolute atomic E-state index is 0.223. The fraction of sp³-hybridized carbons (Fsp3) is 0.263. The largest absolute Gasteiger partial charge is 0.379 e. The van der Waals surface area contributed by atoms with Gasteiger partial charge in [0, 0.05) is 30.2 Å². The number of morpholine rings is 1. The van der Waals surface area contributed by atoms with Gasteiger partial charge in [0.1, 0.15) is 0 Å². The van der Waals surface area contributed by atoms with Crippen molar-refractivity contribution in [3.63, 3.8) is 0 Å². The first-order valence-electron chi connectivity index (χ1n) is 9.21. The summed E-state index contributed by atoms with van der Waals surface area (Å²) in [4.78, 5) is 14.1. The first kappa shape index (κ1) is 18.8. The molecule has 1 saturated heterocycles. The molecule has 152 valence electrons. The summed E-state index contributed by atoms with van der Waals surface area (Å²) in [5.41, 5.74) is 0.917. The van der Waals surface area contributed by atoms with Gasteiger partial charge in [0.25, 0.3) is 5.91 Å². The Hall–Kier alpha value is -2.24. The number of carbonyl (C=O) groups excluding carboxylic acids is 1. The zero-order chi connectivity index (χ0) is 20.0. The Labute approximate surface area is 173 Å². The van der Waals surface area contributed by atoms with Gasteiger partial charge >= 0.3 is 0 Å². The number of hydrazine groups is 1. The Morgan fingerprint density at radius 2 is 2.03 bits per heavy atom. The molecule has 1 unspecified atom stereocenters. The average Bonchev–Trinajstić information content (AvgIpc) is 3.18. The molecule has 1 N–H and O–H groups in total. The van der Waals surface area contributed by atoms with Crippen molar-refractivity contribution >= 4 is 33.3 Å². The maximum atomic E-state index is 15.0. The predicted molar refractivity (Wildman–Crippen MR) is 111 cm³/mol. The molecule has 7 nitrogen and oxygen atoms in total. The van der Waals surface area contributed by atoms with Crippen LogP contribution >= 0.6 is 21.6 Å². The van der Waals surface area contributed by atoms with Crippen LogP contribution in [0.4, 0.5) is 10.3 Å². The SMILES string of the molecule is CS1(N(F)N2CCOCC2)c2cc(C(=O)Nc3ccn(-c4ccccc4)n3)sc21. The third kappa shape index (κ3) is 3.26. The van der Waals surface area contributed by atoms with E-state index in [0.717, 1.165) is 19.4 Å². The highest BCUT2D eigenvalue weighted by atomic mass is 32.3. The summed E-state index contributed by atoms with van der Waals surface area (Å²) in [5.74, 6) is 0.255. The van der Waals surface area contributed by atoms with E-state index in [-0.39, 0.29) is 5.91 Å². The lowest BCUT2D eigenvalue weighted by atomic mass is 10.3. The number of benzene rings is 1. The third-order valence-corrected chi connectivity index (χ3v) is 10.0. The van der Waals surface area contributed by atoms with E-state index in [9.17, 15) is 9.28 Å². The fourth-order valence-corrected chi connectivity index (χ4v) is 8.20. The van der Waals surface area contributed by atoms with Gasteiger partial charge in [-0.25, -0.2) is 4.68 Å². The van der Waals surface area contributed by atoms with Crippen molar-refractivity contribution in [3.05, 3.63) is 53.5 Å². The Balaban J connectivity index is 1.26. The van der Waals surface area contributed by atoms with Gasteiger partial charge in [0.15, 0.2) is 5.82 Å². The van der Waals surface area contributed by atoms with Crippen molar-refractivity contribution in [3.8, 4) is 5.69 Å². The number of amides is 1. The van der Waals surface area contributed by atoms with E-state index in [2.05, 4.69) is 10.4 Å².